The van der Waals surface area contributed by atoms with E-state index in [2.05, 4.69) is 30.6 Å². The van der Waals surface area contributed by atoms with Gasteiger partial charge in [-0.15, -0.1) is 0 Å². The molecule has 0 unspecified atom stereocenters. The van der Waals surface area contributed by atoms with E-state index in [1.54, 1.807) is 4.72 Å². The smallest absolute Gasteiger partial charge is 0.404 e. The first kappa shape index (κ1) is 27.5. The minimum Gasteiger partial charge on any atom is -0.480 e. The van der Waals surface area contributed by atoms with E-state index < -0.39 is 40.5 Å². The molecule has 4 N–H and O–H groups in total. The number of hydrogen-bond donors (Lipinski definition) is 4. The van der Waals surface area contributed by atoms with Crippen LogP contribution < -0.4 is 20.3 Å². The molecule has 4 heterocycles. The maximum atomic E-state index is 12.6. The maximum absolute atomic E-state index is 12.6. The number of guanidine groups is 1. The molecule has 1 fully saturated rings. The second-order valence-corrected chi connectivity index (χ2v) is 10.7. The van der Waals surface area contributed by atoms with Gasteiger partial charge < -0.3 is 19.9 Å². The van der Waals surface area contributed by atoms with Gasteiger partial charge in [0, 0.05) is 32.1 Å². The lowest BCUT2D eigenvalue weighted by atomic mass is 9.96. The van der Waals surface area contributed by atoms with E-state index in [1.165, 1.54) is 17.2 Å². The molecule has 0 radical (unpaired) electrons. The second kappa shape index (κ2) is 11.1. The molecule has 38 heavy (non-hydrogen) atoms. The van der Waals surface area contributed by atoms with E-state index in [4.69, 9.17) is 0 Å². The van der Waals surface area contributed by atoms with Crippen molar-refractivity contribution in [1.82, 2.24) is 34.9 Å². The first-order chi connectivity index (χ1) is 17.9. The molecule has 1 atom stereocenters. The van der Waals surface area contributed by atoms with Crippen LogP contribution in [0.5, 0.6) is 0 Å². The zero-order valence-corrected chi connectivity index (χ0v) is 20.8. The normalized spacial score (nSPS) is 18.1. The van der Waals surface area contributed by atoms with Crippen molar-refractivity contribution in [2.45, 2.75) is 38.0 Å². The average molecular weight is 562 g/mol. The summed E-state index contributed by atoms with van der Waals surface area (Å²) in [6.45, 7) is 1.81. The van der Waals surface area contributed by atoms with E-state index in [0.717, 1.165) is 13.0 Å². The number of halogens is 3. The van der Waals surface area contributed by atoms with Crippen molar-refractivity contribution < 1.29 is 36.3 Å². The van der Waals surface area contributed by atoms with Crippen molar-refractivity contribution in [3.8, 4) is 0 Å². The molecule has 1 amide bonds. The number of aliphatic imine (C=N–C) groups is 1. The third-order valence-electron chi connectivity index (χ3n) is 6.04. The van der Waals surface area contributed by atoms with Crippen LogP contribution in [0.4, 0.5) is 19.0 Å². The fourth-order valence-corrected chi connectivity index (χ4v) is 5.38. The Labute approximate surface area is 214 Å². The van der Waals surface area contributed by atoms with Gasteiger partial charge in [0.2, 0.25) is 15.9 Å². The number of carboxylic acid groups (broad SMARTS) is 1. The zero-order valence-electron chi connectivity index (χ0n) is 20.0. The number of imidazole rings is 1. The van der Waals surface area contributed by atoms with Crippen molar-refractivity contribution in [2.24, 2.45) is 10.9 Å². The number of hydrogen-bond acceptors (Lipinski definition) is 10. The van der Waals surface area contributed by atoms with Crippen LogP contribution in [0, 0.1) is 5.92 Å². The molecule has 0 aliphatic carbocycles. The summed E-state index contributed by atoms with van der Waals surface area (Å²) < 4.78 is 64.1. The number of aliphatic carboxylic acids is 1. The summed E-state index contributed by atoms with van der Waals surface area (Å²) in [7, 11) is -4.96. The standard InChI is InChI=1S/C20H26F3N9O5S/c21-20(22,23)9-38(36,37)30-13(18(34)35)8-32-11-28-14-15(26-10-27-16(14)32)31-6-2-12(3-7-31)17(33)29-19-24-4-1-5-25-19/h10-13,30H,1-9H2,(H,34,35)(H2,24,25,29,33)/t13-/m0/s1. The number of rotatable bonds is 8. The average Bonchev–Trinajstić information content (AvgIpc) is 3.25. The lowest BCUT2D eigenvalue weighted by molar-refractivity contribution is -0.139. The second-order valence-electron chi connectivity index (χ2n) is 8.91. The molecule has 1 saturated heterocycles. The minimum absolute atomic E-state index is 0.123. The third kappa shape index (κ3) is 6.85. The van der Waals surface area contributed by atoms with Gasteiger partial charge in [-0.2, -0.15) is 17.9 Å². The van der Waals surface area contributed by atoms with Gasteiger partial charge in [0.05, 0.1) is 12.9 Å². The molecule has 0 spiro atoms. The summed E-state index contributed by atoms with van der Waals surface area (Å²) in [5.41, 5.74) is 0.482. The molecule has 0 aromatic carbocycles. The molecule has 2 aliphatic rings. The van der Waals surface area contributed by atoms with E-state index >= 15 is 0 Å². The van der Waals surface area contributed by atoms with Crippen molar-refractivity contribution in [2.75, 3.05) is 36.8 Å². The van der Waals surface area contributed by atoms with Crippen LogP contribution in [0.25, 0.3) is 11.2 Å². The Bertz CT molecular complexity index is 1320. The highest BCUT2D eigenvalue weighted by Gasteiger charge is 2.37. The molecular weight excluding hydrogens is 535 g/mol. The molecule has 0 saturated carbocycles. The van der Waals surface area contributed by atoms with Crippen LogP contribution in [-0.4, -0.2) is 95.0 Å². The van der Waals surface area contributed by atoms with Crippen LogP contribution in [0.3, 0.4) is 0 Å². The Morgan fingerprint density at radius 3 is 2.58 bits per heavy atom. The number of amides is 1. The molecule has 0 bridgehead atoms. The van der Waals surface area contributed by atoms with Crippen LogP contribution in [0.15, 0.2) is 17.6 Å². The van der Waals surface area contributed by atoms with Crippen LogP contribution >= 0.6 is 0 Å². The predicted molar refractivity (Wildman–Crippen MR) is 128 cm³/mol. The molecule has 2 aromatic heterocycles. The summed E-state index contributed by atoms with van der Waals surface area (Å²) in [5, 5.41) is 15.3. The number of nitrogens with one attached hydrogen (secondary N) is 3. The highest BCUT2D eigenvalue weighted by Crippen LogP contribution is 2.27. The van der Waals surface area contributed by atoms with E-state index in [9.17, 15) is 36.3 Å². The topological polar surface area (TPSA) is 184 Å². The molecular formula is C20H26F3N9O5S. The summed E-state index contributed by atoms with van der Waals surface area (Å²) >= 11 is 0. The fourth-order valence-electron chi connectivity index (χ4n) is 4.26. The molecule has 18 heteroatoms. The van der Waals surface area contributed by atoms with Gasteiger partial charge in [-0.1, -0.05) is 0 Å². The summed E-state index contributed by atoms with van der Waals surface area (Å²) in [5.74, 6) is -3.31. The van der Waals surface area contributed by atoms with Gasteiger partial charge in [0.25, 0.3) is 0 Å². The fraction of sp³-hybridized carbons (Fsp3) is 0.600. The highest BCUT2D eigenvalue weighted by molar-refractivity contribution is 7.89. The van der Waals surface area contributed by atoms with Gasteiger partial charge >= 0.3 is 12.1 Å². The largest absolute Gasteiger partial charge is 0.480 e. The molecule has 4 rings (SSSR count). The van der Waals surface area contributed by atoms with Crippen molar-refractivity contribution in [1.29, 1.82) is 0 Å². The summed E-state index contributed by atoms with van der Waals surface area (Å²) in [6.07, 6.45) is -0.611. The Balaban J connectivity index is 1.44. The molecule has 14 nitrogen and oxygen atoms in total. The van der Waals surface area contributed by atoms with Crippen LogP contribution in [-0.2, 0) is 26.2 Å². The Morgan fingerprint density at radius 1 is 1.21 bits per heavy atom. The van der Waals surface area contributed by atoms with Crippen LogP contribution in [0.2, 0.25) is 0 Å². The Morgan fingerprint density at radius 2 is 1.95 bits per heavy atom. The number of sulfonamides is 1. The number of carbonyl (C=O) groups is 2. The van der Waals surface area contributed by atoms with Crippen LogP contribution in [0.1, 0.15) is 19.3 Å². The monoisotopic (exact) mass is 561 g/mol. The van der Waals surface area contributed by atoms with Crippen molar-refractivity contribution >= 4 is 44.8 Å². The van der Waals surface area contributed by atoms with E-state index in [-0.39, 0.29) is 17.5 Å². The van der Waals surface area contributed by atoms with Crippen molar-refractivity contribution in [3.05, 3.63) is 12.7 Å². The van der Waals surface area contributed by atoms with Crippen molar-refractivity contribution in [3.63, 3.8) is 0 Å². The first-order valence-corrected chi connectivity index (χ1v) is 13.4. The predicted octanol–water partition coefficient (Wildman–Crippen LogP) is -0.557. The third-order valence-corrected chi connectivity index (χ3v) is 7.39. The SMILES string of the molecule is O=C(NC1=NCCCN1)C1CCN(c2ncnc3c2ncn3C[C@H](NS(=O)(=O)CC(F)(F)F)C(=O)O)CC1. The van der Waals surface area contributed by atoms with Gasteiger partial charge in [-0.3, -0.25) is 19.9 Å². The highest BCUT2D eigenvalue weighted by atomic mass is 32.2. The lowest BCUT2D eigenvalue weighted by Gasteiger charge is -2.32. The van der Waals surface area contributed by atoms with Gasteiger partial charge in [-0.25, -0.2) is 23.4 Å². The van der Waals surface area contributed by atoms with E-state index in [1.807, 2.05) is 4.90 Å². The zero-order chi connectivity index (χ0) is 27.5. The number of piperidine rings is 1. The summed E-state index contributed by atoms with van der Waals surface area (Å²) in [4.78, 5) is 43.0. The number of nitrogens with zero attached hydrogens (tertiary/aromatic N) is 6. The first-order valence-electron chi connectivity index (χ1n) is 11.7. The van der Waals surface area contributed by atoms with Gasteiger partial charge in [-0.05, 0) is 19.3 Å². The number of anilines is 1. The van der Waals surface area contributed by atoms with Gasteiger partial charge in [0.15, 0.2) is 28.7 Å². The summed E-state index contributed by atoms with van der Waals surface area (Å²) in [6, 6.07) is -1.89. The quantitative estimate of drug-likeness (QED) is 0.326. The number of carbonyl (C=O) groups excluding carboxylic acids is 1. The number of alkyl halides is 3. The number of aromatic nitrogens is 4. The van der Waals surface area contributed by atoms with E-state index in [0.29, 0.717) is 49.8 Å². The number of carboxylic acids is 1. The molecule has 2 aromatic rings. The molecule has 2 aliphatic heterocycles. The Hall–Kier alpha value is -3.54. The molecule has 208 valence electrons. The Kier molecular flexibility index (Phi) is 8.00. The lowest BCUT2D eigenvalue weighted by Crippen LogP contribution is -2.48. The minimum atomic E-state index is -5.03. The number of fused-ring (bicyclic) bond motifs is 1. The maximum Gasteiger partial charge on any atom is 0.404 e. The van der Waals surface area contributed by atoms with Gasteiger partial charge in [0.1, 0.15) is 12.4 Å².